The number of hydrogen-bond donors (Lipinski definition) is 2. The van der Waals surface area contributed by atoms with E-state index >= 15 is 0 Å². The van der Waals surface area contributed by atoms with Crippen molar-refractivity contribution in [2.75, 3.05) is 6.61 Å². The second kappa shape index (κ2) is 7.51. The molecule has 0 spiro atoms. The summed E-state index contributed by atoms with van der Waals surface area (Å²) in [5.74, 6) is -1.28. The SMILES string of the molecule is CC(=O)NC(Cc1cnc[nH]1)C(=O)OCC(=O)c1cccs1. The van der Waals surface area contributed by atoms with Crippen molar-refractivity contribution in [3.63, 3.8) is 0 Å². The first-order valence-electron chi connectivity index (χ1n) is 6.54. The van der Waals surface area contributed by atoms with E-state index in [9.17, 15) is 14.4 Å². The Hall–Kier alpha value is -2.48. The second-order valence-electron chi connectivity index (χ2n) is 4.54. The van der Waals surface area contributed by atoms with Crippen LogP contribution in [0.2, 0.25) is 0 Å². The molecule has 0 saturated heterocycles. The summed E-state index contributed by atoms with van der Waals surface area (Å²) < 4.78 is 5.01. The lowest BCUT2D eigenvalue weighted by Crippen LogP contribution is -2.42. The quantitative estimate of drug-likeness (QED) is 0.584. The fraction of sp³-hybridized carbons (Fsp3) is 0.286. The summed E-state index contributed by atoms with van der Waals surface area (Å²) in [7, 11) is 0. The summed E-state index contributed by atoms with van der Waals surface area (Å²) in [5.41, 5.74) is 0.681. The third kappa shape index (κ3) is 4.52. The predicted octanol–water partition coefficient (Wildman–Crippen LogP) is 0.944. The zero-order chi connectivity index (χ0) is 15.9. The Balaban J connectivity index is 1.93. The maximum absolute atomic E-state index is 12.1. The molecule has 0 fully saturated rings. The van der Waals surface area contributed by atoms with Gasteiger partial charge < -0.3 is 15.0 Å². The molecule has 0 saturated carbocycles. The van der Waals surface area contributed by atoms with Gasteiger partial charge in [0.1, 0.15) is 6.04 Å². The zero-order valence-corrected chi connectivity index (χ0v) is 12.7. The number of Topliss-reactive ketones (excluding diaryl/α,β-unsaturated/α-hetero) is 1. The topological polar surface area (TPSA) is 101 Å². The molecule has 0 aliphatic carbocycles. The summed E-state index contributed by atoms with van der Waals surface area (Å²) in [6.45, 7) is 0.961. The van der Waals surface area contributed by atoms with Crippen LogP contribution in [0.1, 0.15) is 22.3 Å². The van der Waals surface area contributed by atoms with Gasteiger partial charge in [0.25, 0.3) is 0 Å². The Morgan fingerprint density at radius 2 is 2.27 bits per heavy atom. The average Bonchev–Trinajstić information content (AvgIpc) is 3.16. The number of nitrogens with one attached hydrogen (secondary N) is 2. The average molecular weight is 321 g/mol. The number of nitrogens with zero attached hydrogens (tertiary/aromatic N) is 1. The fourth-order valence-corrected chi connectivity index (χ4v) is 2.45. The van der Waals surface area contributed by atoms with Gasteiger partial charge in [-0.2, -0.15) is 0 Å². The number of hydrogen-bond acceptors (Lipinski definition) is 6. The van der Waals surface area contributed by atoms with Crippen LogP contribution in [0, 0.1) is 0 Å². The monoisotopic (exact) mass is 321 g/mol. The highest BCUT2D eigenvalue weighted by Crippen LogP contribution is 2.10. The Labute approximate surface area is 130 Å². The number of esters is 1. The van der Waals surface area contributed by atoms with Crippen LogP contribution in [-0.4, -0.2) is 40.3 Å². The van der Waals surface area contributed by atoms with Crippen LogP contribution in [-0.2, 0) is 20.7 Å². The second-order valence-corrected chi connectivity index (χ2v) is 5.49. The maximum atomic E-state index is 12.1. The highest BCUT2D eigenvalue weighted by Gasteiger charge is 2.23. The molecule has 1 unspecified atom stereocenters. The number of ether oxygens (including phenoxy) is 1. The lowest BCUT2D eigenvalue weighted by molar-refractivity contribution is -0.146. The molecule has 2 aromatic rings. The minimum atomic E-state index is -0.867. The molecule has 0 radical (unpaired) electrons. The largest absolute Gasteiger partial charge is 0.456 e. The number of aromatic amines is 1. The van der Waals surface area contributed by atoms with Gasteiger partial charge in [0.15, 0.2) is 6.61 Å². The molecule has 0 aliphatic heterocycles. The van der Waals surface area contributed by atoms with Gasteiger partial charge >= 0.3 is 5.97 Å². The summed E-state index contributed by atoms with van der Waals surface area (Å²) in [5, 5.41) is 4.28. The zero-order valence-electron chi connectivity index (χ0n) is 11.9. The number of aromatic nitrogens is 2. The summed E-state index contributed by atoms with van der Waals surface area (Å²) >= 11 is 1.28. The Kier molecular flexibility index (Phi) is 5.42. The molecule has 8 heteroatoms. The fourth-order valence-electron chi connectivity index (χ4n) is 1.80. The first kappa shape index (κ1) is 15.9. The highest BCUT2D eigenvalue weighted by molar-refractivity contribution is 7.12. The molecule has 116 valence electrons. The van der Waals surface area contributed by atoms with Crippen molar-refractivity contribution in [3.8, 4) is 0 Å². The van der Waals surface area contributed by atoms with Crippen LogP contribution < -0.4 is 5.32 Å². The number of H-pyrrole nitrogens is 1. The number of rotatable bonds is 7. The number of carbonyl (C=O) groups excluding carboxylic acids is 3. The van der Waals surface area contributed by atoms with Gasteiger partial charge in [0.2, 0.25) is 11.7 Å². The van der Waals surface area contributed by atoms with Crippen LogP contribution in [0.15, 0.2) is 30.0 Å². The van der Waals surface area contributed by atoms with Crippen molar-refractivity contribution >= 4 is 29.0 Å². The molecule has 2 N–H and O–H groups in total. The minimum absolute atomic E-state index is 0.214. The molecule has 22 heavy (non-hydrogen) atoms. The molecule has 7 nitrogen and oxygen atoms in total. The third-order valence-corrected chi connectivity index (χ3v) is 3.69. The van der Waals surface area contributed by atoms with E-state index in [-0.39, 0.29) is 24.7 Å². The third-order valence-electron chi connectivity index (χ3n) is 2.78. The van der Waals surface area contributed by atoms with Crippen LogP contribution >= 0.6 is 11.3 Å². The smallest absolute Gasteiger partial charge is 0.329 e. The van der Waals surface area contributed by atoms with E-state index in [1.165, 1.54) is 24.6 Å². The Morgan fingerprint density at radius 3 is 2.86 bits per heavy atom. The lowest BCUT2D eigenvalue weighted by atomic mass is 10.1. The van der Waals surface area contributed by atoms with Crippen LogP contribution in [0.25, 0.3) is 0 Å². The summed E-state index contributed by atoms with van der Waals surface area (Å²) in [6.07, 6.45) is 3.25. The van der Waals surface area contributed by atoms with Crippen molar-refractivity contribution in [1.82, 2.24) is 15.3 Å². The van der Waals surface area contributed by atoms with E-state index in [1.54, 1.807) is 23.7 Å². The van der Waals surface area contributed by atoms with E-state index in [0.29, 0.717) is 10.6 Å². The molecule has 0 aliphatic rings. The normalized spacial score (nSPS) is 11.7. The number of thiophene rings is 1. The van der Waals surface area contributed by atoms with Crippen molar-refractivity contribution in [2.24, 2.45) is 0 Å². The number of amides is 1. The standard InChI is InChI=1S/C14H15N3O4S/c1-9(18)17-11(5-10-6-15-8-16-10)14(20)21-7-12(19)13-3-2-4-22-13/h2-4,6,8,11H,5,7H2,1H3,(H,15,16)(H,17,18). The molecular formula is C14H15N3O4S. The van der Waals surface area contributed by atoms with E-state index in [0.717, 1.165) is 0 Å². The molecule has 2 rings (SSSR count). The van der Waals surface area contributed by atoms with Gasteiger partial charge in [0.05, 0.1) is 11.2 Å². The van der Waals surface area contributed by atoms with Crippen molar-refractivity contribution in [3.05, 3.63) is 40.6 Å². The van der Waals surface area contributed by atoms with Crippen molar-refractivity contribution in [1.29, 1.82) is 0 Å². The Bertz CT molecular complexity index is 637. The lowest BCUT2D eigenvalue weighted by Gasteiger charge is -2.15. The van der Waals surface area contributed by atoms with E-state index in [2.05, 4.69) is 15.3 Å². The van der Waals surface area contributed by atoms with Crippen molar-refractivity contribution in [2.45, 2.75) is 19.4 Å². The van der Waals surface area contributed by atoms with Gasteiger partial charge in [-0.15, -0.1) is 11.3 Å². The number of ketones is 1. The molecule has 1 atom stereocenters. The van der Waals surface area contributed by atoms with Crippen LogP contribution in [0.5, 0.6) is 0 Å². The van der Waals surface area contributed by atoms with E-state index in [4.69, 9.17) is 4.74 Å². The number of carbonyl (C=O) groups is 3. The molecule has 2 heterocycles. The van der Waals surface area contributed by atoms with Gasteiger partial charge in [-0.25, -0.2) is 9.78 Å². The molecule has 0 aromatic carbocycles. The van der Waals surface area contributed by atoms with Gasteiger partial charge in [-0.05, 0) is 11.4 Å². The predicted molar refractivity (Wildman–Crippen MR) is 79.5 cm³/mol. The number of imidazole rings is 1. The first-order valence-corrected chi connectivity index (χ1v) is 7.42. The molecular weight excluding hydrogens is 306 g/mol. The first-order chi connectivity index (χ1) is 10.6. The molecule has 0 bridgehead atoms. The van der Waals surface area contributed by atoms with Gasteiger partial charge in [-0.3, -0.25) is 9.59 Å². The van der Waals surface area contributed by atoms with Crippen molar-refractivity contribution < 1.29 is 19.1 Å². The van der Waals surface area contributed by atoms with Gasteiger partial charge in [0, 0.05) is 25.2 Å². The van der Waals surface area contributed by atoms with E-state index in [1.807, 2.05) is 0 Å². The summed E-state index contributed by atoms with van der Waals surface area (Å²) in [4.78, 5) is 42.3. The van der Waals surface area contributed by atoms with Gasteiger partial charge in [-0.1, -0.05) is 6.07 Å². The molecule has 2 aromatic heterocycles. The minimum Gasteiger partial charge on any atom is -0.456 e. The highest BCUT2D eigenvalue weighted by atomic mass is 32.1. The van der Waals surface area contributed by atoms with E-state index < -0.39 is 12.0 Å². The molecule has 1 amide bonds. The van der Waals surface area contributed by atoms with Crippen LogP contribution in [0.3, 0.4) is 0 Å². The Morgan fingerprint density at radius 1 is 1.45 bits per heavy atom. The van der Waals surface area contributed by atoms with Crippen LogP contribution in [0.4, 0.5) is 0 Å². The maximum Gasteiger partial charge on any atom is 0.329 e. The summed E-state index contributed by atoms with van der Waals surface area (Å²) in [6, 6.07) is 2.54.